The van der Waals surface area contributed by atoms with Gasteiger partial charge >= 0.3 is 0 Å². The van der Waals surface area contributed by atoms with Crippen molar-refractivity contribution < 1.29 is 9.53 Å². The Bertz CT molecular complexity index is 262. The largest absolute Gasteiger partial charge is 0.377 e. The zero-order chi connectivity index (χ0) is 12.1. The van der Waals surface area contributed by atoms with E-state index in [0.29, 0.717) is 31.6 Å². The van der Waals surface area contributed by atoms with E-state index in [1.807, 2.05) is 16.7 Å². The standard InChI is InChI=1S/C12H22N2O2S.ClH/c1-2-11-8-16-5-4-14(11)12(15)7-10-9-17-6-3-13-10;/h10-11,13H,2-9H2,1H3;1H. The molecule has 4 nitrogen and oxygen atoms in total. The number of carbonyl (C=O) groups excluding carboxylic acids is 1. The van der Waals surface area contributed by atoms with E-state index in [9.17, 15) is 4.79 Å². The second-order valence-corrected chi connectivity index (χ2v) is 5.80. The van der Waals surface area contributed by atoms with E-state index in [4.69, 9.17) is 4.74 Å². The Morgan fingerprint density at radius 2 is 2.39 bits per heavy atom. The van der Waals surface area contributed by atoms with Crippen molar-refractivity contribution in [3.05, 3.63) is 0 Å². The number of halogens is 1. The van der Waals surface area contributed by atoms with Crippen LogP contribution in [0.3, 0.4) is 0 Å². The fourth-order valence-electron chi connectivity index (χ4n) is 2.40. The van der Waals surface area contributed by atoms with Crippen molar-refractivity contribution in [2.75, 3.05) is 37.8 Å². The molecule has 0 aliphatic carbocycles. The number of carbonyl (C=O) groups is 1. The number of nitrogens with one attached hydrogen (secondary N) is 1. The number of hydrogen-bond acceptors (Lipinski definition) is 4. The third-order valence-electron chi connectivity index (χ3n) is 3.44. The Morgan fingerprint density at radius 3 is 3.06 bits per heavy atom. The second kappa shape index (κ2) is 8.25. The van der Waals surface area contributed by atoms with Gasteiger partial charge in [-0.2, -0.15) is 11.8 Å². The van der Waals surface area contributed by atoms with Crippen molar-refractivity contribution in [2.24, 2.45) is 0 Å². The molecule has 0 aromatic rings. The highest BCUT2D eigenvalue weighted by Crippen LogP contribution is 2.15. The van der Waals surface area contributed by atoms with Gasteiger partial charge in [0.1, 0.15) is 0 Å². The Hall–Kier alpha value is 0.0300. The third-order valence-corrected chi connectivity index (χ3v) is 4.57. The first-order chi connectivity index (χ1) is 8.31. The monoisotopic (exact) mass is 294 g/mol. The maximum Gasteiger partial charge on any atom is 0.224 e. The lowest BCUT2D eigenvalue weighted by molar-refractivity contribution is -0.140. The predicted octanol–water partition coefficient (Wildman–Crippen LogP) is 1.14. The summed E-state index contributed by atoms with van der Waals surface area (Å²) in [7, 11) is 0. The molecule has 0 aromatic carbocycles. The molecular formula is C12H23ClN2O2S. The van der Waals surface area contributed by atoms with E-state index in [-0.39, 0.29) is 18.4 Å². The molecule has 2 aliphatic rings. The van der Waals surface area contributed by atoms with Gasteiger partial charge in [0.15, 0.2) is 0 Å². The van der Waals surface area contributed by atoms with Gasteiger partial charge in [0.05, 0.1) is 19.3 Å². The molecule has 2 unspecified atom stereocenters. The van der Waals surface area contributed by atoms with Gasteiger partial charge in [0.2, 0.25) is 5.91 Å². The predicted molar refractivity (Wildman–Crippen MR) is 77.6 cm³/mol. The molecule has 0 aromatic heterocycles. The first-order valence-corrected chi connectivity index (χ1v) is 7.65. The lowest BCUT2D eigenvalue weighted by Gasteiger charge is -2.36. The van der Waals surface area contributed by atoms with Crippen LogP contribution in [0.15, 0.2) is 0 Å². The minimum absolute atomic E-state index is 0. The maximum atomic E-state index is 12.3. The van der Waals surface area contributed by atoms with E-state index in [1.165, 1.54) is 5.75 Å². The third kappa shape index (κ3) is 4.30. The number of hydrogen-bond donors (Lipinski definition) is 1. The molecule has 0 bridgehead atoms. The maximum absolute atomic E-state index is 12.3. The van der Waals surface area contributed by atoms with Crippen LogP contribution in [0, 0.1) is 0 Å². The molecule has 2 heterocycles. The summed E-state index contributed by atoms with van der Waals surface area (Å²) in [6.45, 7) is 5.30. The Morgan fingerprint density at radius 1 is 1.56 bits per heavy atom. The van der Waals surface area contributed by atoms with Crippen molar-refractivity contribution in [3.8, 4) is 0 Å². The van der Waals surface area contributed by atoms with Crippen molar-refractivity contribution >= 4 is 30.1 Å². The lowest BCUT2D eigenvalue weighted by Crippen LogP contribution is -2.50. The summed E-state index contributed by atoms with van der Waals surface area (Å²) in [5.74, 6) is 2.52. The molecule has 1 N–H and O–H groups in total. The lowest BCUT2D eigenvalue weighted by atomic mass is 10.1. The fourth-order valence-corrected chi connectivity index (χ4v) is 3.35. The van der Waals surface area contributed by atoms with Gasteiger partial charge in [0.25, 0.3) is 0 Å². The van der Waals surface area contributed by atoms with Crippen LogP contribution in [0.25, 0.3) is 0 Å². The number of ether oxygens (including phenoxy) is 1. The van der Waals surface area contributed by atoms with Gasteiger partial charge in [-0.25, -0.2) is 0 Å². The molecule has 18 heavy (non-hydrogen) atoms. The molecule has 106 valence electrons. The van der Waals surface area contributed by atoms with E-state index >= 15 is 0 Å². The molecule has 0 radical (unpaired) electrons. The highest BCUT2D eigenvalue weighted by molar-refractivity contribution is 7.99. The first kappa shape index (κ1) is 16.1. The van der Waals surface area contributed by atoms with E-state index in [2.05, 4.69) is 12.2 Å². The average molecular weight is 295 g/mol. The van der Waals surface area contributed by atoms with Crippen molar-refractivity contribution in [1.29, 1.82) is 0 Å². The van der Waals surface area contributed by atoms with Crippen molar-refractivity contribution in [2.45, 2.75) is 31.8 Å². The molecule has 0 spiro atoms. The summed E-state index contributed by atoms with van der Waals surface area (Å²) in [6, 6.07) is 0.647. The highest BCUT2D eigenvalue weighted by atomic mass is 35.5. The normalized spacial score (nSPS) is 28.6. The van der Waals surface area contributed by atoms with Crippen LogP contribution in [0.5, 0.6) is 0 Å². The van der Waals surface area contributed by atoms with E-state index in [1.54, 1.807) is 0 Å². The molecule has 2 aliphatic heterocycles. The average Bonchev–Trinajstić information content (AvgIpc) is 2.40. The molecule has 1 amide bonds. The number of amides is 1. The van der Waals surface area contributed by atoms with Crippen LogP contribution in [0.1, 0.15) is 19.8 Å². The van der Waals surface area contributed by atoms with Crippen LogP contribution >= 0.6 is 24.2 Å². The van der Waals surface area contributed by atoms with Gasteiger partial charge < -0.3 is 15.0 Å². The number of nitrogens with zero attached hydrogens (tertiary/aromatic N) is 1. The van der Waals surface area contributed by atoms with Gasteiger partial charge in [-0.3, -0.25) is 4.79 Å². The number of rotatable bonds is 3. The summed E-state index contributed by atoms with van der Waals surface area (Å²) in [4.78, 5) is 14.3. The van der Waals surface area contributed by atoms with Crippen LogP contribution < -0.4 is 5.32 Å². The van der Waals surface area contributed by atoms with Crippen molar-refractivity contribution in [3.63, 3.8) is 0 Å². The minimum Gasteiger partial charge on any atom is -0.377 e. The molecule has 2 atom stereocenters. The number of thioether (sulfide) groups is 1. The summed E-state index contributed by atoms with van der Waals surface area (Å²) in [6.07, 6.45) is 1.63. The van der Waals surface area contributed by atoms with Crippen LogP contribution in [-0.2, 0) is 9.53 Å². The van der Waals surface area contributed by atoms with E-state index in [0.717, 1.165) is 25.3 Å². The summed E-state index contributed by atoms with van der Waals surface area (Å²) in [5, 5.41) is 3.42. The van der Waals surface area contributed by atoms with Gasteiger partial charge in [0, 0.05) is 37.1 Å². The van der Waals surface area contributed by atoms with Gasteiger partial charge in [-0.15, -0.1) is 12.4 Å². The molecule has 2 rings (SSSR count). The zero-order valence-corrected chi connectivity index (χ0v) is 12.5. The molecule has 6 heteroatoms. The Balaban J connectivity index is 0.00000162. The smallest absolute Gasteiger partial charge is 0.224 e. The molecule has 2 fully saturated rings. The topological polar surface area (TPSA) is 41.6 Å². The zero-order valence-electron chi connectivity index (χ0n) is 10.9. The van der Waals surface area contributed by atoms with Crippen LogP contribution in [0.2, 0.25) is 0 Å². The van der Waals surface area contributed by atoms with Crippen LogP contribution in [0.4, 0.5) is 0 Å². The fraction of sp³-hybridized carbons (Fsp3) is 0.917. The number of morpholine rings is 1. The quantitative estimate of drug-likeness (QED) is 0.848. The molecule has 2 saturated heterocycles. The second-order valence-electron chi connectivity index (χ2n) is 4.65. The molecular weight excluding hydrogens is 272 g/mol. The molecule has 0 saturated carbocycles. The summed E-state index contributed by atoms with van der Waals surface area (Å²) < 4.78 is 5.43. The SMILES string of the molecule is CCC1COCCN1C(=O)CC1CSCCN1.Cl. The first-order valence-electron chi connectivity index (χ1n) is 6.49. The summed E-state index contributed by atoms with van der Waals surface area (Å²) >= 11 is 1.94. The summed E-state index contributed by atoms with van der Waals surface area (Å²) in [5.41, 5.74) is 0. The highest BCUT2D eigenvalue weighted by Gasteiger charge is 2.27. The van der Waals surface area contributed by atoms with E-state index < -0.39 is 0 Å². The Labute approximate surface area is 120 Å². The van der Waals surface area contributed by atoms with Gasteiger partial charge in [-0.05, 0) is 6.42 Å². The Kier molecular flexibility index (Phi) is 7.37. The van der Waals surface area contributed by atoms with Gasteiger partial charge in [-0.1, -0.05) is 6.92 Å². The van der Waals surface area contributed by atoms with Crippen molar-refractivity contribution in [1.82, 2.24) is 10.2 Å². The van der Waals surface area contributed by atoms with Crippen LogP contribution in [-0.4, -0.2) is 60.7 Å². The minimum atomic E-state index is 0.